The lowest BCUT2D eigenvalue weighted by molar-refractivity contribution is -0.145. The Balaban J connectivity index is 1.87. The number of piperazine rings is 1. The highest BCUT2D eigenvalue weighted by Gasteiger charge is 2.36. The average Bonchev–Trinajstić information content (AvgIpc) is 3.10. The highest BCUT2D eigenvalue weighted by atomic mass is 32.2. The molecule has 2 aliphatic rings. The van der Waals surface area contributed by atoms with Crippen LogP contribution in [0.4, 0.5) is 5.82 Å². The highest BCUT2D eigenvalue weighted by molar-refractivity contribution is 8.26. The number of ether oxygens (including phenoxy) is 1. The third kappa shape index (κ3) is 4.84. The molecule has 1 N–H and O–H groups in total. The molecule has 0 bridgehead atoms. The van der Waals surface area contributed by atoms with Crippen LogP contribution in [0.1, 0.15) is 18.9 Å². The zero-order chi connectivity index (χ0) is 25.1. The first kappa shape index (κ1) is 24.6. The van der Waals surface area contributed by atoms with Gasteiger partial charge in [0.1, 0.15) is 21.8 Å². The molecular formula is C23H23N5O5S2. The third-order valence-corrected chi connectivity index (χ3v) is 6.86. The zero-order valence-corrected chi connectivity index (χ0v) is 20.6. The van der Waals surface area contributed by atoms with Crippen molar-refractivity contribution in [2.45, 2.75) is 19.4 Å². The Morgan fingerprint density at radius 3 is 2.91 bits per heavy atom. The highest BCUT2D eigenvalue weighted by Crippen LogP contribution is 2.34. The number of rotatable bonds is 7. The summed E-state index contributed by atoms with van der Waals surface area (Å²) in [7, 11) is 0. The predicted molar refractivity (Wildman–Crippen MR) is 137 cm³/mol. The van der Waals surface area contributed by atoms with Crippen molar-refractivity contribution in [2.75, 3.05) is 31.1 Å². The van der Waals surface area contributed by atoms with Crippen molar-refractivity contribution in [1.29, 1.82) is 0 Å². The standard InChI is InChI=1S/C23H23N5O5S2/c1-3-9-28-22(32)16(35-23(28)34)12-14-19(25-17-7-5-6-10-27(17)21(14)31)26-11-8-24-20(30)15(26)13-18(29)33-4-2/h3,5-7,10,12,15H,1,4,8-9,11,13H2,2H3,(H,24,30). The normalized spacial score (nSPS) is 19.4. The number of hydrogen-bond acceptors (Lipinski definition) is 9. The molecule has 0 spiro atoms. The molecule has 0 aliphatic carbocycles. The molecule has 2 saturated heterocycles. The maximum absolute atomic E-state index is 13.6. The number of thioether (sulfide) groups is 1. The molecule has 2 amide bonds. The number of pyridine rings is 1. The number of thiocarbonyl (C=S) groups is 1. The summed E-state index contributed by atoms with van der Waals surface area (Å²) in [5.41, 5.74) is 0.0709. The molecule has 2 aliphatic heterocycles. The monoisotopic (exact) mass is 513 g/mol. The van der Waals surface area contributed by atoms with Crippen molar-refractivity contribution in [3.05, 3.63) is 57.9 Å². The molecular weight excluding hydrogens is 490 g/mol. The summed E-state index contributed by atoms with van der Waals surface area (Å²) in [5.74, 6) is -1.05. The number of esters is 1. The molecule has 35 heavy (non-hydrogen) atoms. The van der Waals surface area contributed by atoms with E-state index in [0.29, 0.717) is 23.1 Å². The minimum absolute atomic E-state index is 0.122. The summed E-state index contributed by atoms with van der Waals surface area (Å²) in [6.07, 6.45) is 4.39. The van der Waals surface area contributed by atoms with Gasteiger partial charge in [-0.25, -0.2) is 4.98 Å². The summed E-state index contributed by atoms with van der Waals surface area (Å²) >= 11 is 6.39. The second kappa shape index (κ2) is 10.4. The first-order valence-electron chi connectivity index (χ1n) is 10.9. The minimum atomic E-state index is -0.928. The number of carbonyl (C=O) groups excluding carboxylic acids is 3. The molecule has 4 heterocycles. The van der Waals surface area contributed by atoms with Gasteiger partial charge in [-0.2, -0.15) is 0 Å². The Bertz CT molecular complexity index is 1320. The van der Waals surface area contributed by atoms with Gasteiger partial charge in [-0.05, 0) is 25.1 Å². The molecule has 0 radical (unpaired) electrons. The largest absolute Gasteiger partial charge is 0.466 e. The van der Waals surface area contributed by atoms with E-state index in [2.05, 4.69) is 16.9 Å². The number of aromatic nitrogens is 2. The second-order valence-electron chi connectivity index (χ2n) is 7.67. The van der Waals surface area contributed by atoms with Crippen molar-refractivity contribution in [1.82, 2.24) is 19.6 Å². The lowest BCUT2D eigenvalue weighted by atomic mass is 10.1. The SMILES string of the molecule is C=CCN1C(=O)C(=Cc2c(N3CCNC(=O)C3CC(=O)OCC)nc3ccccn3c2=O)SC1=S. The molecule has 0 aromatic carbocycles. The van der Waals surface area contributed by atoms with Crippen LogP contribution in [0.3, 0.4) is 0 Å². The smallest absolute Gasteiger partial charge is 0.308 e. The van der Waals surface area contributed by atoms with Gasteiger partial charge in [0.25, 0.3) is 11.5 Å². The van der Waals surface area contributed by atoms with E-state index in [1.807, 2.05) is 0 Å². The van der Waals surface area contributed by atoms with Crippen molar-refractivity contribution in [3.8, 4) is 0 Å². The van der Waals surface area contributed by atoms with Gasteiger partial charge in [0.2, 0.25) is 5.91 Å². The summed E-state index contributed by atoms with van der Waals surface area (Å²) in [6, 6.07) is 4.18. The lowest BCUT2D eigenvalue weighted by Gasteiger charge is -2.36. The molecule has 2 aromatic rings. The zero-order valence-electron chi connectivity index (χ0n) is 18.9. The van der Waals surface area contributed by atoms with Crippen molar-refractivity contribution >= 4 is 63.6 Å². The molecule has 1 unspecified atom stereocenters. The fraction of sp³-hybridized carbons (Fsp3) is 0.304. The Kier molecular flexibility index (Phi) is 7.31. The Labute approximate surface area is 210 Å². The Morgan fingerprint density at radius 1 is 1.37 bits per heavy atom. The summed E-state index contributed by atoms with van der Waals surface area (Å²) in [6.45, 7) is 6.37. The molecule has 10 nitrogen and oxygen atoms in total. The number of fused-ring (bicyclic) bond motifs is 1. The second-order valence-corrected chi connectivity index (χ2v) is 9.35. The summed E-state index contributed by atoms with van der Waals surface area (Å²) in [5, 5.41) is 2.75. The predicted octanol–water partition coefficient (Wildman–Crippen LogP) is 1.34. The first-order chi connectivity index (χ1) is 16.8. The van der Waals surface area contributed by atoms with Gasteiger partial charge in [-0.1, -0.05) is 36.1 Å². The third-order valence-electron chi connectivity index (χ3n) is 5.48. The van der Waals surface area contributed by atoms with Crippen molar-refractivity contribution < 1.29 is 19.1 Å². The van der Waals surface area contributed by atoms with Crippen LogP contribution in [0.5, 0.6) is 0 Å². The van der Waals surface area contributed by atoms with E-state index in [1.165, 1.54) is 15.4 Å². The molecule has 182 valence electrons. The van der Waals surface area contributed by atoms with Gasteiger partial charge >= 0.3 is 5.97 Å². The van der Waals surface area contributed by atoms with Crippen LogP contribution in [0.15, 0.2) is 46.8 Å². The van der Waals surface area contributed by atoms with E-state index >= 15 is 0 Å². The quantitative estimate of drug-likeness (QED) is 0.254. The van der Waals surface area contributed by atoms with E-state index in [9.17, 15) is 19.2 Å². The van der Waals surface area contributed by atoms with Crippen LogP contribution in [0, 0.1) is 0 Å². The summed E-state index contributed by atoms with van der Waals surface area (Å²) in [4.78, 5) is 59.5. The van der Waals surface area contributed by atoms with Gasteiger partial charge < -0.3 is 15.0 Å². The van der Waals surface area contributed by atoms with Crippen molar-refractivity contribution in [3.63, 3.8) is 0 Å². The van der Waals surface area contributed by atoms with E-state index in [4.69, 9.17) is 17.0 Å². The molecule has 2 fully saturated rings. The van der Waals surface area contributed by atoms with E-state index in [0.717, 1.165) is 11.8 Å². The molecule has 2 aromatic heterocycles. The molecule has 1 atom stereocenters. The van der Waals surface area contributed by atoms with Crippen molar-refractivity contribution in [2.24, 2.45) is 0 Å². The average molecular weight is 514 g/mol. The number of hydrogen-bond donors (Lipinski definition) is 1. The minimum Gasteiger partial charge on any atom is -0.466 e. The molecule has 0 saturated carbocycles. The van der Waals surface area contributed by atoms with Crippen LogP contribution in [-0.2, 0) is 19.1 Å². The van der Waals surface area contributed by atoms with Gasteiger partial charge in [0.15, 0.2) is 0 Å². The molecule has 12 heteroatoms. The van der Waals surface area contributed by atoms with Crippen LogP contribution < -0.4 is 15.8 Å². The number of carbonyl (C=O) groups is 3. The number of nitrogens with zero attached hydrogens (tertiary/aromatic N) is 4. The van der Waals surface area contributed by atoms with E-state index in [1.54, 1.807) is 42.3 Å². The van der Waals surface area contributed by atoms with E-state index < -0.39 is 17.6 Å². The van der Waals surface area contributed by atoms with Gasteiger partial charge in [0.05, 0.1) is 23.5 Å². The van der Waals surface area contributed by atoms with Gasteiger partial charge in [-0.15, -0.1) is 6.58 Å². The van der Waals surface area contributed by atoms with Crippen LogP contribution >= 0.6 is 24.0 Å². The van der Waals surface area contributed by atoms with Crippen LogP contribution in [0.2, 0.25) is 0 Å². The van der Waals surface area contributed by atoms with Crippen LogP contribution in [-0.4, -0.2) is 68.7 Å². The Morgan fingerprint density at radius 2 is 2.17 bits per heavy atom. The fourth-order valence-electron chi connectivity index (χ4n) is 3.90. The first-order valence-corrected chi connectivity index (χ1v) is 12.2. The number of nitrogens with one attached hydrogen (secondary N) is 1. The maximum Gasteiger partial charge on any atom is 0.308 e. The van der Waals surface area contributed by atoms with Gasteiger partial charge in [0, 0.05) is 25.8 Å². The molecule has 4 rings (SSSR count). The van der Waals surface area contributed by atoms with E-state index in [-0.39, 0.29) is 47.7 Å². The fourth-order valence-corrected chi connectivity index (χ4v) is 5.16. The number of amides is 2. The number of anilines is 1. The van der Waals surface area contributed by atoms with Gasteiger partial charge in [-0.3, -0.25) is 28.5 Å². The Hall–Kier alpha value is -3.51. The maximum atomic E-state index is 13.6. The summed E-state index contributed by atoms with van der Waals surface area (Å²) < 4.78 is 6.77. The topological polar surface area (TPSA) is 113 Å². The lowest BCUT2D eigenvalue weighted by Crippen LogP contribution is -2.57. The van der Waals surface area contributed by atoms with Crippen LogP contribution in [0.25, 0.3) is 11.7 Å².